The van der Waals surface area contributed by atoms with Crippen molar-refractivity contribution in [1.82, 2.24) is 10.2 Å². The van der Waals surface area contributed by atoms with E-state index in [-0.39, 0.29) is 17.9 Å². The number of benzene rings is 2. The third-order valence-corrected chi connectivity index (χ3v) is 7.39. The van der Waals surface area contributed by atoms with Crippen molar-refractivity contribution in [2.75, 3.05) is 18.4 Å². The Morgan fingerprint density at radius 1 is 1.13 bits per heavy atom. The van der Waals surface area contributed by atoms with Crippen LogP contribution in [0.3, 0.4) is 0 Å². The number of anilines is 1. The first-order valence-corrected chi connectivity index (χ1v) is 11.8. The number of hydrogen-bond donors (Lipinski definition) is 2. The van der Waals surface area contributed by atoms with E-state index in [1.165, 1.54) is 18.3 Å². The number of amides is 2. The van der Waals surface area contributed by atoms with Crippen LogP contribution < -0.4 is 10.6 Å². The Labute approximate surface area is 195 Å². The molecule has 2 heterocycles. The molecule has 1 aliphatic heterocycles. The number of thiophene rings is 1. The maximum Gasteiger partial charge on any atom is 0.266 e. The molecule has 31 heavy (non-hydrogen) atoms. The summed E-state index contributed by atoms with van der Waals surface area (Å²) in [6.45, 7) is 3.71. The molecule has 1 saturated heterocycles. The number of piperidine rings is 1. The summed E-state index contributed by atoms with van der Waals surface area (Å²) in [5.41, 5.74) is 1.73. The molecule has 0 atom stereocenters. The summed E-state index contributed by atoms with van der Waals surface area (Å²) in [4.78, 5) is 27.4. The number of fused-ring (bicyclic) bond motifs is 1. The van der Waals surface area contributed by atoms with Gasteiger partial charge in [0.25, 0.3) is 5.91 Å². The second-order valence-corrected chi connectivity index (χ2v) is 9.49. The van der Waals surface area contributed by atoms with Gasteiger partial charge in [-0.05, 0) is 55.8 Å². The van der Waals surface area contributed by atoms with Gasteiger partial charge >= 0.3 is 0 Å². The van der Waals surface area contributed by atoms with Crippen LogP contribution in [-0.4, -0.2) is 35.8 Å². The van der Waals surface area contributed by atoms with E-state index >= 15 is 0 Å². The maximum absolute atomic E-state index is 13.7. The van der Waals surface area contributed by atoms with Crippen LogP contribution in [0.15, 0.2) is 42.5 Å². The number of hydrogen-bond acceptors (Lipinski definition) is 4. The van der Waals surface area contributed by atoms with E-state index < -0.39 is 0 Å². The van der Waals surface area contributed by atoms with Crippen molar-refractivity contribution in [3.05, 3.63) is 63.0 Å². The topological polar surface area (TPSA) is 61.4 Å². The summed E-state index contributed by atoms with van der Waals surface area (Å²) in [7, 11) is 0. The van der Waals surface area contributed by atoms with E-state index in [0.29, 0.717) is 21.5 Å². The summed E-state index contributed by atoms with van der Waals surface area (Å²) in [5.74, 6) is -0.183. The van der Waals surface area contributed by atoms with Crippen LogP contribution in [0.1, 0.15) is 35.0 Å². The first kappa shape index (κ1) is 22.1. The fraction of sp³-hybridized carbons (Fsp3) is 0.304. The average molecular weight is 476 g/mol. The molecule has 0 unspecified atom stereocenters. The van der Waals surface area contributed by atoms with Gasteiger partial charge in [-0.25, -0.2) is 0 Å². The second kappa shape index (κ2) is 9.57. The van der Waals surface area contributed by atoms with Crippen LogP contribution in [0.2, 0.25) is 10.0 Å². The van der Waals surface area contributed by atoms with E-state index in [1.54, 1.807) is 6.07 Å². The van der Waals surface area contributed by atoms with Crippen LogP contribution in [-0.2, 0) is 11.3 Å². The fourth-order valence-corrected chi connectivity index (χ4v) is 5.82. The highest BCUT2D eigenvalue weighted by Crippen LogP contribution is 2.40. The zero-order chi connectivity index (χ0) is 22.0. The van der Waals surface area contributed by atoms with E-state index in [9.17, 15) is 9.59 Å². The van der Waals surface area contributed by atoms with Crippen molar-refractivity contribution in [3.8, 4) is 0 Å². The Kier molecular flexibility index (Phi) is 6.82. The molecule has 4 rings (SSSR count). The molecule has 5 nitrogen and oxygen atoms in total. The summed E-state index contributed by atoms with van der Waals surface area (Å²) < 4.78 is 0.908. The van der Waals surface area contributed by atoms with Crippen molar-refractivity contribution in [3.63, 3.8) is 0 Å². The SMILES string of the molecule is CC(=O)Nc1ccc(CN(C(=O)c2sc3cccc(Cl)c3c2Cl)C2CCNCC2)cc1. The quantitative estimate of drug-likeness (QED) is 0.507. The van der Waals surface area contributed by atoms with E-state index in [1.807, 2.05) is 41.3 Å². The van der Waals surface area contributed by atoms with Gasteiger partial charge in [0.2, 0.25) is 5.91 Å². The van der Waals surface area contributed by atoms with Gasteiger partial charge in [0.05, 0.1) is 10.0 Å². The number of carbonyl (C=O) groups is 2. The molecule has 3 aromatic rings. The highest BCUT2D eigenvalue weighted by atomic mass is 35.5. The van der Waals surface area contributed by atoms with Crippen LogP contribution in [0.5, 0.6) is 0 Å². The van der Waals surface area contributed by atoms with Crippen LogP contribution >= 0.6 is 34.5 Å². The van der Waals surface area contributed by atoms with Crippen molar-refractivity contribution < 1.29 is 9.59 Å². The molecule has 8 heteroatoms. The molecule has 1 aromatic heterocycles. The molecule has 1 aliphatic rings. The Morgan fingerprint density at radius 2 is 1.84 bits per heavy atom. The number of nitrogens with one attached hydrogen (secondary N) is 2. The second-order valence-electron chi connectivity index (χ2n) is 7.65. The van der Waals surface area contributed by atoms with Gasteiger partial charge < -0.3 is 15.5 Å². The number of halogens is 2. The summed E-state index contributed by atoms with van der Waals surface area (Å²) in [6.07, 6.45) is 1.78. The predicted octanol–water partition coefficient (Wildman–Crippen LogP) is 5.56. The number of rotatable bonds is 5. The first-order valence-electron chi connectivity index (χ1n) is 10.2. The Balaban J connectivity index is 1.65. The molecule has 2 N–H and O–H groups in total. The van der Waals surface area contributed by atoms with Crippen molar-refractivity contribution in [1.29, 1.82) is 0 Å². The molecule has 2 aromatic carbocycles. The zero-order valence-corrected chi connectivity index (χ0v) is 19.4. The average Bonchev–Trinajstić information content (AvgIpc) is 3.10. The molecule has 162 valence electrons. The largest absolute Gasteiger partial charge is 0.330 e. The van der Waals surface area contributed by atoms with Gasteiger partial charge in [0.15, 0.2) is 0 Å². The molecule has 1 fully saturated rings. The normalized spacial score (nSPS) is 14.5. The van der Waals surface area contributed by atoms with E-state index in [0.717, 1.165) is 47.3 Å². The molecule has 0 aliphatic carbocycles. The minimum absolute atomic E-state index is 0.0693. The van der Waals surface area contributed by atoms with Gasteiger partial charge in [-0.2, -0.15) is 0 Å². The fourth-order valence-electron chi connectivity index (χ4n) is 3.92. The summed E-state index contributed by atoms with van der Waals surface area (Å²) in [6, 6.07) is 13.3. The van der Waals surface area contributed by atoms with E-state index in [2.05, 4.69) is 10.6 Å². The summed E-state index contributed by atoms with van der Waals surface area (Å²) in [5, 5.41) is 7.85. The van der Waals surface area contributed by atoms with Gasteiger partial charge in [-0.15, -0.1) is 11.3 Å². The Morgan fingerprint density at radius 3 is 2.48 bits per heavy atom. The predicted molar refractivity (Wildman–Crippen MR) is 128 cm³/mol. The lowest BCUT2D eigenvalue weighted by molar-refractivity contribution is -0.114. The van der Waals surface area contributed by atoms with E-state index in [4.69, 9.17) is 23.2 Å². The van der Waals surface area contributed by atoms with Gasteiger partial charge in [0, 0.05) is 35.3 Å². The molecular formula is C23H23Cl2N3O2S. The standard InChI is InChI=1S/C23H23Cl2N3O2S/c1-14(29)27-16-7-5-15(6-8-16)13-28(17-9-11-26-12-10-17)23(30)22-21(25)20-18(24)3-2-4-19(20)31-22/h2-8,17,26H,9-13H2,1H3,(H,27,29). The number of carbonyl (C=O) groups excluding carboxylic acids is 2. The maximum atomic E-state index is 13.7. The summed E-state index contributed by atoms with van der Waals surface area (Å²) >= 11 is 14.4. The number of nitrogens with zero attached hydrogens (tertiary/aromatic N) is 1. The van der Waals surface area contributed by atoms with Gasteiger partial charge in [-0.1, -0.05) is 41.4 Å². The lowest BCUT2D eigenvalue weighted by Gasteiger charge is -2.34. The highest BCUT2D eigenvalue weighted by Gasteiger charge is 2.30. The molecule has 0 radical (unpaired) electrons. The molecule has 0 spiro atoms. The minimum Gasteiger partial charge on any atom is -0.330 e. The van der Waals surface area contributed by atoms with Crippen LogP contribution in [0.4, 0.5) is 5.69 Å². The highest BCUT2D eigenvalue weighted by molar-refractivity contribution is 7.21. The third kappa shape index (κ3) is 4.88. The lowest BCUT2D eigenvalue weighted by Crippen LogP contribution is -2.45. The van der Waals surface area contributed by atoms with Crippen LogP contribution in [0.25, 0.3) is 10.1 Å². The molecule has 2 amide bonds. The first-order chi connectivity index (χ1) is 14.9. The molecular weight excluding hydrogens is 453 g/mol. The monoisotopic (exact) mass is 475 g/mol. The zero-order valence-electron chi connectivity index (χ0n) is 17.1. The van der Waals surface area contributed by atoms with Crippen molar-refractivity contribution in [2.24, 2.45) is 0 Å². The molecule has 0 bridgehead atoms. The van der Waals surface area contributed by atoms with Crippen molar-refractivity contribution >= 4 is 62.1 Å². The van der Waals surface area contributed by atoms with Gasteiger partial charge in [0.1, 0.15) is 4.88 Å². The van der Waals surface area contributed by atoms with Crippen molar-refractivity contribution in [2.45, 2.75) is 32.4 Å². The third-order valence-electron chi connectivity index (χ3n) is 5.44. The smallest absolute Gasteiger partial charge is 0.266 e. The van der Waals surface area contributed by atoms with Gasteiger partial charge in [-0.3, -0.25) is 9.59 Å². The minimum atomic E-state index is -0.114. The molecule has 0 saturated carbocycles. The lowest BCUT2D eigenvalue weighted by atomic mass is 10.0. The Bertz CT molecular complexity index is 1110. The van der Waals surface area contributed by atoms with Crippen LogP contribution in [0, 0.1) is 0 Å². The Hall–Kier alpha value is -2.12.